The number of likely N-dealkylation sites (tertiary alicyclic amines) is 1. The maximum atomic E-state index is 12.8. The Hall–Kier alpha value is -1.81. The predicted molar refractivity (Wildman–Crippen MR) is 145 cm³/mol. The molecule has 0 aromatic heterocycles. The topological polar surface area (TPSA) is 49.6 Å². The van der Waals surface area contributed by atoms with Crippen molar-refractivity contribution in [3.63, 3.8) is 0 Å². The Balaban J connectivity index is 1.59. The molecular formula is C30H49N3O. The van der Waals surface area contributed by atoms with Crippen molar-refractivity contribution in [1.82, 2.24) is 4.90 Å². The van der Waals surface area contributed by atoms with Gasteiger partial charge in [0.25, 0.3) is 0 Å². The van der Waals surface area contributed by atoms with Crippen molar-refractivity contribution < 1.29 is 4.79 Å². The zero-order valence-electron chi connectivity index (χ0n) is 22.3. The number of carbonyl (C=O) groups is 1. The zero-order valence-corrected chi connectivity index (χ0v) is 22.3. The fourth-order valence-corrected chi connectivity index (χ4v) is 5.69. The number of rotatable bonds is 10. The summed E-state index contributed by atoms with van der Waals surface area (Å²) < 4.78 is 0. The molecule has 1 heterocycles. The third-order valence-corrected chi connectivity index (χ3v) is 7.79. The summed E-state index contributed by atoms with van der Waals surface area (Å²) in [6, 6.07) is 9.43. The molecule has 34 heavy (non-hydrogen) atoms. The normalized spacial score (nSPS) is 18.7. The smallest absolute Gasteiger partial charge is 0.239 e. The summed E-state index contributed by atoms with van der Waals surface area (Å²) in [6.07, 6.45) is 14.8. The SMILES string of the molecule is CC(C)=CCN(c1ccc(CCC2CCCCC2)cc1)C1CCN(C(=O)[C@H](N)CC(C)C)CC1. The summed E-state index contributed by atoms with van der Waals surface area (Å²) in [5, 5.41) is 0. The van der Waals surface area contributed by atoms with Gasteiger partial charge in [0.15, 0.2) is 0 Å². The molecule has 0 bridgehead atoms. The number of carbonyl (C=O) groups excluding carboxylic acids is 1. The molecule has 1 amide bonds. The quantitative estimate of drug-likeness (QED) is 0.409. The molecule has 2 aliphatic rings. The highest BCUT2D eigenvalue weighted by molar-refractivity contribution is 5.81. The van der Waals surface area contributed by atoms with Gasteiger partial charge in [-0.25, -0.2) is 0 Å². The Morgan fingerprint density at radius 3 is 2.29 bits per heavy atom. The number of nitrogens with zero attached hydrogens (tertiary/aromatic N) is 2. The highest BCUT2D eigenvalue weighted by atomic mass is 16.2. The van der Waals surface area contributed by atoms with Crippen LogP contribution < -0.4 is 10.6 Å². The predicted octanol–water partition coefficient (Wildman–Crippen LogP) is 6.34. The first kappa shape index (κ1) is 26.8. The lowest BCUT2D eigenvalue weighted by molar-refractivity contribution is -0.134. The van der Waals surface area contributed by atoms with Crippen LogP contribution in [0.4, 0.5) is 5.69 Å². The maximum Gasteiger partial charge on any atom is 0.239 e. The van der Waals surface area contributed by atoms with Crippen LogP contribution in [0.1, 0.15) is 91.0 Å². The molecule has 2 N–H and O–H groups in total. The second-order valence-corrected chi connectivity index (χ2v) is 11.4. The van der Waals surface area contributed by atoms with E-state index in [0.717, 1.165) is 44.8 Å². The fourth-order valence-electron chi connectivity index (χ4n) is 5.69. The second-order valence-electron chi connectivity index (χ2n) is 11.4. The van der Waals surface area contributed by atoms with E-state index in [2.05, 4.69) is 62.9 Å². The molecule has 0 radical (unpaired) electrons. The van der Waals surface area contributed by atoms with Crippen LogP contribution in [0.3, 0.4) is 0 Å². The standard InChI is InChI=1S/C30H49N3O/c1-23(2)16-21-33(28-17-19-32(20-18-28)30(34)29(31)22-24(3)4)27-14-12-26(13-15-27)11-10-25-8-6-5-7-9-25/h12-16,24-25,28-29H,5-11,17-22,31H2,1-4H3/t29-/m1/s1. The third kappa shape index (κ3) is 8.15. The van der Waals surface area contributed by atoms with E-state index in [1.54, 1.807) is 0 Å². The van der Waals surface area contributed by atoms with Crippen molar-refractivity contribution in [2.45, 2.75) is 104 Å². The molecule has 4 heteroatoms. The number of aryl methyl sites for hydroxylation is 1. The molecule has 3 rings (SSSR count). The molecule has 2 fully saturated rings. The van der Waals surface area contributed by atoms with Crippen LogP contribution in [0.25, 0.3) is 0 Å². The van der Waals surface area contributed by atoms with Gasteiger partial charge in [-0.05, 0) is 75.5 Å². The van der Waals surface area contributed by atoms with Gasteiger partial charge in [0.05, 0.1) is 6.04 Å². The van der Waals surface area contributed by atoms with Gasteiger partial charge < -0.3 is 15.5 Å². The number of nitrogens with two attached hydrogens (primary N) is 1. The summed E-state index contributed by atoms with van der Waals surface area (Å²) in [5.74, 6) is 1.51. The van der Waals surface area contributed by atoms with E-state index in [1.807, 2.05) is 4.90 Å². The lowest BCUT2D eigenvalue weighted by Crippen LogP contribution is -2.51. The summed E-state index contributed by atoms with van der Waals surface area (Å²) in [5.41, 5.74) is 10.3. The van der Waals surface area contributed by atoms with Gasteiger partial charge in [0.2, 0.25) is 5.91 Å². The molecule has 4 nitrogen and oxygen atoms in total. The van der Waals surface area contributed by atoms with Gasteiger partial charge in [-0.3, -0.25) is 4.79 Å². The van der Waals surface area contributed by atoms with Gasteiger partial charge in [0, 0.05) is 31.4 Å². The lowest BCUT2D eigenvalue weighted by Gasteiger charge is -2.40. The van der Waals surface area contributed by atoms with E-state index < -0.39 is 0 Å². The average Bonchev–Trinajstić information content (AvgIpc) is 2.83. The first-order valence-electron chi connectivity index (χ1n) is 13.9. The maximum absolute atomic E-state index is 12.8. The van der Waals surface area contributed by atoms with Crippen LogP contribution in [0.15, 0.2) is 35.9 Å². The Morgan fingerprint density at radius 1 is 1.06 bits per heavy atom. The van der Waals surface area contributed by atoms with Crippen molar-refractivity contribution in [3.05, 3.63) is 41.5 Å². The Bertz CT molecular complexity index is 767. The molecule has 1 saturated carbocycles. The van der Waals surface area contributed by atoms with Crippen LogP contribution in [0.5, 0.6) is 0 Å². The molecule has 190 valence electrons. The van der Waals surface area contributed by atoms with Crippen LogP contribution in [-0.2, 0) is 11.2 Å². The second kappa shape index (κ2) is 13.3. The molecule has 1 aliphatic carbocycles. The number of amides is 1. The van der Waals surface area contributed by atoms with Crippen LogP contribution in [0, 0.1) is 11.8 Å². The summed E-state index contributed by atoms with van der Waals surface area (Å²) in [4.78, 5) is 17.3. The zero-order chi connectivity index (χ0) is 24.5. The van der Waals surface area contributed by atoms with E-state index in [9.17, 15) is 4.79 Å². The number of hydrogen-bond donors (Lipinski definition) is 1. The fraction of sp³-hybridized carbons (Fsp3) is 0.700. The van der Waals surface area contributed by atoms with Crippen LogP contribution >= 0.6 is 0 Å². The lowest BCUT2D eigenvalue weighted by atomic mass is 9.85. The number of benzene rings is 1. The summed E-state index contributed by atoms with van der Waals surface area (Å²) >= 11 is 0. The summed E-state index contributed by atoms with van der Waals surface area (Å²) in [6.45, 7) is 11.1. The van der Waals surface area contributed by atoms with Gasteiger partial charge in [-0.2, -0.15) is 0 Å². The van der Waals surface area contributed by atoms with E-state index in [0.29, 0.717) is 12.0 Å². The highest BCUT2D eigenvalue weighted by Crippen LogP contribution is 2.29. The average molecular weight is 468 g/mol. The van der Waals surface area contributed by atoms with Crippen molar-refractivity contribution in [2.75, 3.05) is 24.5 Å². The van der Waals surface area contributed by atoms with E-state index in [4.69, 9.17) is 5.73 Å². The minimum atomic E-state index is -0.362. The first-order chi connectivity index (χ1) is 16.3. The Kier molecular flexibility index (Phi) is 10.5. The van der Waals surface area contributed by atoms with Gasteiger partial charge in [-0.1, -0.05) is 69.7 Å². The molecular weight excluding hydrogens is 418 g/mol. The minimum Gasteiger partial charge on any atom is -0.365 e. The Morgan fingerprint density at radius 2 is 1.71 bits per heavy atom. The van der Waals surface area contributed by atoms with Crippen molar-refractivity contribution in [3.8, 4) is 0 Å². The number of piperidine rings is 1. The van der Waals surface area contributed by atoms with E-state index >= 15 is 0 Å². The molecule has 1 aromatic rings. The number of allylic oxidation sites excluding steroid dienone is 1. The van der Waals surface area contributed by atoms with Crippen molar-refractivity contribution in [2.24, 2.45) is 17.6 Å². The summed E-state index contributed by atoms with van der Waals surface area (Å²) in [7, 11) is 0. The van der Waals surface area contributed by atoms with Crippen LogP contribution in [0.2, 0.25) is 0 Å². The van der Waals surface area contributed by atoms with Gasteiger partial charge >= 0.3 is 0 Å². The minimum absolute atomic E-state index is 0.130. The molecule has 1 aromatic carbocycles. The van der Waals surface area contributed by atoms with E-state index in [-0.39, 0.29) is 11.9 Å². The largest absolute Gasteiger partial charge is 0.365 e. The van der Waals surface area contributed by atoms with Gasteiger partial charge in [0.1, 0.15) is 0 Å². The van der Waals surface area contributed by atoms with Crippen molar-refractivity contribution >= 4 is 11.6 Å². The van der Waals surface area contributed by atoms with E-state index in [1.165, 1.54) is 61.8 Å². The molecule has 1 atom stereocenters. The molecule has 1 aliphatic heterocycles. The Labute approximate surface area is 209 Å². The highest BCUT2D eigenvalue weighted by Gasteiger charge is 2.29. The third-order valence-electron chi connectivity index (χ3n) is 7.79. The number of anilines is 1. The molecule has 0 unspecified atom stereocenters. The van der Waals surface area contributed by atoms with Crippen molar-refractivity contribution in [1.29, 1.82) is 0 Å². The number of hydrogen-bond acceptors (Lipinski definition) is 3. The molecule has 0 spiro atoms. The van der Waals surface area contributed by atoms with Crippen LogP contribution in [-0.4, -0.2) is 42.5 Å². The molecule has 1 saturated heterocycles. The monoisotopic (exact) mass is 467 g/mol. The first-order valence-corrected chi connectivity index (χ1v) is 13.9. The van der Waals surface area contributed by atoms with Gasteiger partial charge in [-0.15, -0.1) is 0 Å².